The van der Waals surface area contributed by atoms with E-state index >= 15 is 0 Å². The van der Waals surface area contributed by atoms with Crippen LogP contribution in [0.5, 0.6) is 0 Å². The number of hydrogen-bond acceptors (Lipinski definition) is 4. The van der Waals surface area contributed by atoms with E-state index < -0.39 is 0 Å². The third-order valence-corrected chi connectivity index (χ3v) is 5.53. The lowest BCUT2D eigenvalue weighted by atomic mass is 9.70. The van der Waals surface area contributed by atoms with Crippen molar-refractivity contribution in [3.63, 3.8) is 0 Å². The maximum atomic E-state index is 3.44. The van der Waals surface area contributed by atoms with Gasteiger partial charge in [0, 0.05) is 44.8 Å². The highest BCUT2D eigenvalue weighted by Crippen LogP contribution is 2.43. The molecule has 0 aromatic heterocycles. The molecule has 0 saturated carbocycles. The van der Waals surface area contributed by atoms with Crippen molar-refractivity contribution in [2.45, 2.75) is 39.2 Å². The molecule has 3 aliphatic heterocycles. The van der Waals surface area contributed by atoms with E-state index in [0.29, 0.717) is 11.0 Å². The molecule has 3 aliphatic rings. The summed E-state index contributed by atoms with van der Waals surface area (Å²) < 4.78 is 0. The van der Waals surface area contributed by atoms with E-state index in [1.165, 1.54) is 71.9 Å². The molecule has 0 atom stereocenters. The second kappa shape index (κ2) is 5.56. The highest BCUT2D eigenvalue weighted by Gasteiger charge is 2.47. The molecule has 0 radical (unpaired) electrons. The van der Waals surface area contributed by atoms with Crippen molar-refractivity contribution in [2.75, 3.05) is 59.0 Å². The first kappa shape index (κ1) is 14.8. The molecule has 4 nitrogen and oxygen atoms in total. The molecule has 1 N–H and O–H groups in total. The third-order valence-electron chi connectivity index (χ3n) is 5.53. The second-order valence-corrected chi connectivity index (χ2v) is 8.15. The van der Waals surface area contributed by atoms with E-state index in [0.717, 1.165) is 0 Å². The van der Waals surface area contributed by atoms with Crippen LogP contribution in [0.1, 0.15) is 33.6 Å². The summed E-state index contributed by atoms with van der Waals surface area (Å²) >= 11 is 0. The number of piperazine rings is 1. The van der Waals surface area contributed by atoms with Crippen LogP contribution in [-0.4, -0.2) is 79.3 Å². The highest BCUT2D eigenvalue weighted by molar-refractivity contribution is 5.01. The Kier molecular flexibility index (Phi) is 4.10. The van der Waals surface area contributed by atoms with Gasteiger partial charge in [-0.2, -0.15) is 0 Å². The van der Waals surface area contributed by atoms with Crippen LogP contribution in [0.15, 0.2) is 0 Å². The molecule has 0 aromatic carbocycles. The summed E-state index contributed by atoms with van der Waals surface area (Å²) in [5.41, 5.74) is 1.02. The van der Waals surface area contributed by atoms with Gasteiger partial charge in [0.2, 0.25) is 0 Å². The maximum Gasteiger partial charge on any atom is 0.0507 e. The van der Waals surface area contributed by atoms with Gasteiger partial charge in [0.15, 0.2) is 0 Å². The Balaban J connectivity index is 1.42. The van der Waals surface area contributed by atoms with Crippen molar-refractivity contribution in [2.24, 2.45) is 5.41 Å². The van der Waals surface area contributed by atoms with Crippen LogP contribution >= 0.6 is 0 Å². The van der Waals surface area contributed by atoms with E-state index in [2.05, 4.69) is 40.8 Å². The van der Waals surface area contributed by atoms with Crippen LogP contribution in [0, 0.1) is 5.41 Å². The monoisotopic (exact) mass is 280 g/mol. The molecule has 116 valence electrons. The average molecular weight is 280 g/mol. The summed E-state index contributed by atoms with van der Waals surface area (Å²) in [5.74, 6) is 0. The summed E-state index contributed by atoms with van der Waals surface area (Å²) in [6, 6.07) is 0. The lowest BCUT2D eigenvalue weighted by Crippen LogP contribution is -2.65. The molecule has 3 saturated heterocycles. The Morgan fingerprint density at radius 3 is 2.00 bits per heavy atom. The summed E-state index contributed by atoms with van der Waals surface area (Å²) in [5, 5.41) is 3.44. The number of nitrogens with one attached hydrogen (secondary N) is 1. The van der Waals surface area contributed by atoms with E-state index in [9.17, 15) is 0 Å². The van der Waals surface area contributed by atoms with Gasteiger partial charge in [-0.15, -0.1) is 0 Å². The summed E-state index contributed by atoms with van der Waals surface area (Å²) in [6.07, 6.45) is 2.82. The van der Waals surface area contributed by atoms with Crippen LogP contribution in [0.25, 0.3) is 0 Å². The topological polar surface area (TPSA) is 21.8 Å². The molecule has 1 spiro atoms. The quantitative estimate of drug-likeness (QED) is 0.816. The Morgan fingerprint density at radius 1 is 0.900 bits per heavy atom. The van der Waals surface area contributed by atoms with Gasteiger partial charge in [0.25, 0.3) is 0 Å². The lowest BCUT2D eigenvalue weighted by Gasteiger charge is -2.58. The molecule has 0 bridgehead atoms. The first-order valence-electron chi connectivity index (χ1n) is 8.37. The molecule has 4 heteroatoms. The molecule has 20 heavy (non-hydrogen) atoms. The van der Waals surface area contributed by atoms with Crippen LogP contribution < -0.4 is 5.32 Å². The van der Waals surface area contributed by atoms with Crippen LogP contribution in [-0.2, 0) is 0 Å². The van der Waals surface area contributed by atoms with Crippen molar-refractivity contribution in [1.82, 2.24) is 20.0 Å². The zero-order valence-corrected chi connectivity index (χ0v) is 13.6. The van der Waals surface area contributed by atoms with Crippen molar-refractivity contribution in [3.8, 4) is 0 Å². The average Bonchev–Trinajstić information content (AvgIpc) is 2.37. The smallest absolute Gasteiger partial charge is 0.0507 e. The summed E-state index contributed by atoms with van der Waals surface area (Å²) in [7, 11) is 0. The number of nitrogens with zero attached hydrogens (tertiary/aromatic N) is 3. The number of hydrogen-bond donors (Lipinski definition) is 1. The largest absolute Gasteiger partial charge is 0.314 e. The molecule has 3 rings (SSSR count). The lowest BCUT2D eigenvalue weighted by molar-refractivity contribution is -0.0945. The normalized spacial score (nSPS) is 29.6. The third kappa shape index (κ3) is 3.19. The predicted octanol–water partition coefficient (Wildman–Crippen LogP) is 1.05. The van der Waals surface area contributed by atoms with E-state index in [1.807, 2.05) is 0 Å². The van der Waals surface area contributed by atoms with Crippen LogP contribution in [0.4, 0.5) is 0 Å². The standard InChI is InChI=1S/C16H32N4/c1-15(2,3)20-12-16(13-20)4-8-18(9-5-16)14-19-10-6-17-7-11-19/h17H,4-14H2,1-3H3. The minimum absolute atomic E-state index is 0.364. The molecular weight excluding hydrogens is 248 g/mol. The van der Waals surface area contributed by atoms with Gasteiger partial charge >= 0.3 is 0 Å². The van der Waals surface area contributed by atoms with E-state index in [-0.39, 0.29) is 0 Å². The fourth-order valence-corrected chi connectivity index (χ4v) is 3.86. The van der Waals surface area contributed by atoms with Crippen molar-refractivity contribution in [1.29, 1.82) is 0 Å². The van der Waals surface area contributed by atoms with Crippen molar-refractivity contribution < 1.29 is 0 Å². The zero-order chi connectivity index (χ0) is 14.2. The molecule has 3 fully saturated rings. The van der Waals surface area contributed by atoms with Gasteiger partial charge in [-0.05, 0) is 52.1 Å². The molecule has 0 aromatic rings. The molecule has 0 unspecified atom stereocenters. The van der Waals surface area contributed by atoms with Crippen LogP contribution in [0.3, 0.4) is 0 Å². The molecule has 0 aliphatic carbocycles. The second-order valence-electron chi connectivity index (χ2n) is 8.15. The Bertz CT molecular complexity index is 314. The summed E-state index contributed by atoms with van der Waals surface area (Å²) in [4.78, 5) is 7.94. The maximum absolute atomic E-state index is 3.44. The van der Waals surface area contributed by atoms with Gasteiger partial charge in [-0.3, -0.25) is 14.7 Å². The Morgan fingerprint density at radius 2 is 1.45 bits per heavy atom. The van der Waals surface area contributed by atoms with Crippen LogP contribution in [0.2, 0.25) is 0 Å². The van der Waals surface area contributed by atoms with Crippen molar-refractivity contribution >= 4 is 0 Å². The van der Waals surface area contributed by atoms with Gasteiger partial charge < -0.3 is 5.32 Å². The zero-order valence-electron chi connectivity index (χ0n) is 13.6. The fraction of sp³-hybridized carbons (Fsp3) is 1.00. The van der Waals surface area contributed by atoms with E-state index in [1.54, 1.807) is 0 Å². The minimum Gasteiger partial charge on any atom is -0.314 e. The molecular formula is C16H32N4. The van der Waals surface area contributed by atoms with E-state index in [4.69, 9.17) is 0 Å². The number of rotatable bonds is 2. The minimum atomic E-state index is 0.364. The van der Waals surface area contributed by atoms with Crippen molar-refractivity contribution in [3.05, 3.63) is 0 Å². The number of piperidine rings is 1. The first-order valence-corrected chi connectivity index (χ1v) is 8.37. The van der Waals surface area contributed by atoms with Gasteiger partial charge in [0.1, 0.15) is 0 Å². The summed E-state index contributed by atoms with van der Waals surface area (Å²) in [6.45, 7) is 18.3. The van der Waals surface area contributed by atoms with Gasteiger partial charge in [-0.1, -0.05) is 0 Å². The Labute approximate surface area is 124 Å². The SMILES string of the molecule is CC(C)(C)N1CC2(CCN(CN3CCNCC3)CC2)C1. The van der Waals surface area contributed by atoms with Gasteiger partial charge in [0.05, 0.1) is 6.67 Å². The molecule has 0 amide bonds. The first-order chi connectivity index (χ1) is 9.47. The highest BCUT2D eigenvalue weighted by atomic mass is 15.3. The predicted molar refractivity (Wildman–Crippen MR) is 83.9 cm³/mol. The molecule has 3 heterocycles. The Hall–Kier alpha value is -0.160. The van der Waals surface area contributed by atoms with Gasteiger partial charge in [-0.25, -0.2) is 0 Å². The number of likely N-dealkylation sites (tertiary alicyclic amines) is 2. The fourth-order valence-electron chi connectivity index (χ4n) is 3.86.